The Hall–Kier alpha value is -4.20. The van der Waals surface area contributed by atoms with E-state index in [1.54, 1.807) is 0 Å². The van der Waals surface area contributed by atoms with Crippen molar-refractivity contribution in [1.82, 2.24) is 10.6 Å². The number of nitrogens with one attached hydrogen (secondary N) is 2. The second kappa shape index (κ2) is 12.2. The zero-order valence-electron chi connectivity index (χ0n) is 18.4. The van der Waals surface area contributed by atoms with Crippen molar-refractivity contribution in [2.24, 2.45) is 5.73 Å². The van der Waals surface area contributed by atoms with Crippen LogP contribution in [-0.2, 0) is 33.8 Å². The molecule has 0 unspecified atom stereocenters. The smallest absolute Gasteiger partial charge is 0.408 e. The molecule has 0 bridgehead atoms. The van der Waals surface area contributed by atoms with Crippen LogP contribution in [0.5, 0.6) is 0 Å². The summed E-state index contributed by atoms with van der Waals surface area (Å²) in [6.45, 7) is 0.0425. The molecule has 0 aliphatic heterocycles. The van der Waals surface area contributed by atoms with Crippen LogP contribution in [0.4, 0.5) is 9.18 Å². The first-order chi connectivity index (χ1) is 16.4. The normalized spacial score (nSPS) is 12.3. The van der Waals surface area contributed by atoms with Crippen LogP contribution in [0, 0.1) is 5.82 Å². The third kappa shape index (κ3) is 7.74. The van der Waals surface area contributed by atoms with Crippen LogP contribution in [0.1, 0.15) is 16.7 Å². The van der Waals surface area contributed by atoms with Gasteiger partial charge in [-0.2, -0.15) is 0 Å². The number of hydrogen-bond donors (Lipinski definition) is 3. The predicted molar refractivity (Wildman–Crippen MR) is 125 cm³/mol. The van der Waals surface area contributed by atoms with E-state index in [0.29, 0.717) is 5.56 Å². The maximum atomic E-state index is 13.2. The highest BCUT2D eigenvalue weighted by atomic mass is 19.1. The summed E-state index contributed by atoms with van der Waals surface area (Å²) in [6.07, 6.45) is -0.512. The first-order valence-electron chi connectivity index (χ1n) is 10.8. The fraction of sp³-hybridized carbons (Fsp3) is 0.192. The molecule has 0 saturated heterocycles. The highest BCUT2D eigenvalue weighted by Gasteiger charge is 2.26. The number of amides is 3. The summed E-state index contributed by atoms with van der Waals surface area (Å²) in [6, 6.07) is 21.7. The fourth-order valence-corrected chi connectivity index (χ4v) is 3.32. The molecule has 0 heterocycles. The van der Waals surface area contributed by atoms with Crippen LogP contribution in [0.2, 0.25) is 0 Å². The first-order valence-corrected chi connectivity index (χ1v) is 10.8. The maximum absolute atomic E-state index is 13.2. The van der Waals surface area contributed by atoms with Crippen molar-refractivity contribution in [3.8, 4) is 0 Å². The van der Waals surface area contributed by atoms with Gasteiger partial charge in [-0.1, -0.05) is 72.8 Å². The van der Waals surface area contributed by atoms with Crippen LogP contribution in [0.25, 0.3) is 0 Å². The van der Waals surface area contributed by atoms with Gasteiger partial charge in [0.25, 0.3) is 0 Å². The Labute approximate surface area is 197 Å². The van der Waals surface area contributed by atoms with Crippen molar-refractivity contribution in [2.45, 2.75) is 31.5 Å². The van der Waals surface area contributed by atoms with Gasteiger partial charge in [-0.3, -0.25) is 9.59 Å². The SMILES string of the molecule is NC(=O)[C@@H](Cc1ccc(F)cc1)NC(=O)[C@@H](Cc1ccccc1)NC(=O)OCc1ccccc1. The molecule has 0 spiro atoms. The van der Waals surface area contributed by atoms with E-state index in [4.69, 9.17) is 10.5 Å². The molecule has 3 rings (SSSR count). The molecule has 8 heteroatoms. The van der Waals surface area contributed by atoms with Crippen LogP contribution < -0.4 is 16.4 Å². The lowest BCUT2D eigenvalue weighted by molar-refractivity contribution is -0.128. The largest absolute Gasteiger partial charge is 0.445 e. The Balaban J connectivity index is 1.68. The molecule has 0 saturated carbocycles. The average molecular weight is 464 g/mol. The van der Waals surface area contributed by atoms with Crippen molar-refractivity contribution >= 4 is 17.9 Å². The van der Waals surface area contributed by atoms with Crippen molar-refractivity contribution < 1.29 is 23.5 Å². The summed E-state index contributed by atoms with van der Waals surface area (Å²) in [5, 5.41) is 5.18. The fourth-order valence-electron chi connectivity index (χ4n) is 3.32. The molecular weight excluding hydrogens is 437 g/mol. The zero-order valence-corrected chi connectivity index (χ0v) is 18.4. The molecule has 34 heavy (non-hydrogen) atoms. The van der Waals surface area contributed by atoms with E-state index >= 15 is 0 Å². The standard InChI is InChI=1S/C26H26FN3O4/c27-21-13-11-19(12-14-21)15-22(24(28)31)29-25(32)23(16-18-7-3-1-4-8-18)30-26(33)34-17-20-9-5-2-6-10-20/h1-14,22-23H,15-17H2,(H2,28,31)(H,29,32)(H,30,33)/t22-,23-/m1/s1. The zero-order chi connectivity index (χ0) is 24.3. The summed E-state index contributed by atoms with van der Waals surface area (Å²) in [5.41, 5.74) is 7.72. The van der Waals surface area contributed by atoms with Crippen LogP contribution in [0.3, 0.4) is 0 Å². The summed E-state index contributed by atoms with van der Waals surface area (Å²) >= 11 is 0. The number of benzene rings is 3. The number of rotatable bonds is 10. The molecule has 4 N–H and O–H groups in total. The van der Waals surface area contributed by atoms with Gasteiger partial charge in [0.1, 0.15) is 24.5 Å². The van der Waals surface area contributed by atoms with E-state index in [9.17, 15) is 18.8 Å². The van der Waals surface area contributed by atoms with Crippen molar-refractivity contribution in [1.29, 1.82) is 0 Å². The number of hydrogen-bond acceptors (Lipinski definition) is 4. The first kappa shape index (κ1) is 24.4. The maximum Gasteiger partial charge on any atom is 0.408 e. The molecule has 0 aliphatic carbocycles. The minimum atomic E-state index is -1.04. The number of carbonyl (C=O) groups excluding carboxylic acids is 3. The molecule has 176 valence electrons. The summed E-state index contributed by atoms with van der Waals surface area (Å²) in [7, 11) is 0. The third-order valence-electron chi connectivity index (χ3n) is 5.12. The number of nitrogens with two attached hydrogens (primary N) is 1. The Morgan fingerprint density at radius 1 is 0.735 bits per heavy atom. The van der Waals surface area contributed by atoms with E-state index in [-0.39, 0.29) is 19.4 Å². The molecule has 2 atom stereocenters. The van der Waals surface area contributed by atoms with Gasteiger partial charge in [0.2, 0.25) is 11.8 Å². The molecule has 3 aromatic rings. The topological polar surface area (TPSA) is 111 Å². The van der Waals surface area contributed by atoms with E-state index in [0.717, 1.165) is 11.1 Å². The second-order valence-electron chi connectivity index (χ2n) is 7.74. The summed E-state index contributed by atoms with van der Waals surface area (Å²) in [5.74, 6) is -1.75. The van der Waals surface area contributed by atoms with E-state index in [1.807, 2.05) is 60.7 Å². The lowest BCUT2D eigenvalue weighted by atomic mass is 10.0. The second-order valence-corrected chi connectivity index (χ2v) is 7.74. The number of ether oxygens (including phenoxy) is 1. The minimum absolute atomic E-state index is 0.0425. The predicted octanol–water partition coefficient (Wildman–Crippen LogP) is 2.88. The molecule has 0 aromatic heterocycles. The molecule has 7 nitrogen and oxygen atoms in total. The van der Waals surface area contributed by atoms with Crippen LogP contribution in [0.15, 0.2) is 84.9 Å². The molecule has 0 radical (unpaired) electrons. The van der Waals surface area contributed by atoms with Gasteiger partial charge >= 0.3 is 6.09 Å². The van der Waals surface area contributed by atoms with Crippen LogP contribution >= 0.6 is 0 Å². The van der Waals surface area contributed by atoms with Gasteiger partial charge in [-0.15, -0.1) is 0 Å². The summed E-state index contributed by atoms with van der Waals surface area (Å²) < 4.78 is 18.4. The molecule has 0 aliphatic rings. The minimum Gasteiger partial charge on any atom is -0.445 e. The number of primary amides is 1. The van der Waals surface area contributed by atoms with Gasteiger partial charge in [0, 0.05) is 12.8 Å². The number of halogens is 1. The molecule has 3 amide bonds. The molecule has 0 fully saturated rings. The average Bonchev–Trinajstić information content (AvgIpc) is 2.84. The Morgan fingerprint density at radius 3 is 1.85 bits per heavy atom. The van der Waals surface area contributed by atoms with E-state index < -0.39 is 35.8 Å². The van der Waals surface area contributed by atoms with E-state index in [2.05, 4.69) is 10.6 Å². The van der Waals surface area contributed by atoms with E-state index in [1.165, 1.54) is 24.3 Å². The monoisotopic (exact) mass is 463 g/mol. The van der Waals surface area contributed by atoms with Crippen molar-refractivity contribution in [2.75, 3.05) is 0 Å². The third-order valence-corrected chi connectivity index (χ3v) is 5.12. The Morgan fingerprint density at radius 2 is 1.26 bits per heavy atom. The van der Waals surface area contributed by atoms with Gasteiger partial charge in [-0.05, 0) is 28.8 Å². The summed E-state index contributed by atoms with van der Waals surface area (Å²) in [4.78, 5) is 37.5. The Bertz CT molecular complexity index is 1090. The Kier molecular flexibility index (Phi) is 8.73. The molecule has 3 aromatic carbocycles. The highest BCUT2D eigenvalue weighted by Crippen LogP contribution is 2.09. The number of carbonyl (C=O) groups is 3. The van der Waals surface area contributed by atoms with Gasteiger partial charge in [0.15, 0.2) is 0 Å². The number of alkyl carbamates (subject to hydrolysis) is 1. The highest BCUT2D eigenvalue weighted by molar-refractivity contribution is 5.91. The lowest BCUT2D eigenvalue weighted by Gasteiger charge is -2.22. The van der Waals surface area contributed by atoms with Crippen LogP contribution in [-0.4, -0.2) is 30.0 Å². The molecular formula is C26H26FN3O4. The van der Waals surface area contributed by atoms with Crippen molar-refractivity contribution in [3.63, 3.8) is 0 Å². The lowest BCUT2D eigenvalue weighted by Crippen LogP contribution is -2.54. The van der Waals surface area contributed by atoms with Gasteiger partial charge < -0.3 is 21.1 Å². The van der Waals surface area contributed by atoms with Crippen molar-refractivity contribution in [3.05, 3.63) is 107 Å². The van der Waals surface area contributed by atoms with Gasteiger partial charge in [-0.25, -0.2) is 9.18 Å². The van der Waals surface area contributed by atoms with Gasteiger partial charge in [0.05, 0.1) is 0 Å². The quantitative estimate of drug-likeness (QED) is 0.429.